The molecule has 0 unspecified atom stereocenters. The zero-order valence-electron chi connectivity index (χ0n) is 10.3. The van der Waals surface area contributed by atoms with Crippen LogP contribution in [0.5, 0.6) is 5.88 Å². The maximum Gasteiger partial charge on any atom is 0.274 e. The molecule has 1 amide bonds. The van der Waals surface area contributed by atoms with E-state index in [1.54, 1.807) is 36.5 Å². The Morgan fingerprint density at radius 1 is 1.37 bits per heavy atom. The van der Waals surface area contributed by atoms with E-state index in [2.05, 4.69) is 15.3 Å². The van der Waals surface area contributed by atoms with Gasteiger partial charge in [0.15, 0.2) is 0 Å². The highest BCUT2D eigenvalue weighted by Crippen LogP contribution is 2.21. The van der Waals surface area contributed by atoms with Crippen LogP contribution in [-0.4, -0.2) is 22.5 Å². The fraction of sp³-hybridized carbons (Fsp3) is 0.154. The number of ether oxygens (including phenoxy) is 1. The van der Waals surface area contributed by atoms with E-state index in [1.165, 1.54) is 0 Å². The van der Waals surface area contributed by atoms with Gasteiger partial charge in [-0.2, -0.15) is 0 Å². The number of anilines is 1. The molecule has 2 aromatic rings. The number of carbonyl (C=O) groups is 1. The van der Waals surface area contributed by atoms with E-state index in [1.807, 2.05) is 6.92 Å². The van der Waals surface area contributed by atoms with Gasteiger partial charge in [0.25, 0.3) is 5.91 Å². The van der Waals surface area contributed by atoms with Crippen LogP contribution in [-0.2, 0) is 0 Å². The van der Waals surface area contributed by atoms with E-state index >= 15 is 0 Å². The van der Waals surface area contributed by atoms with Gasteiger partial charge in [-0.15, -0.1) is 0 Å². The highest BCUT2D eigenvalue weighted by molar-refractivity contribution is 6.29. The molecule has 2 heterocycles. The monoisotopic (exact) mass is 277 g/mol. The molecule has 0 saturated carbocycles. The topological polar surface area (TPSA) is 64.1 Å². The standard InChI is InChI=1S/C13H12ClN3O2/c1-2-19-13-10(6-4-8-15-13)17-12(18)9-5-3-7-11(14)16-9/h3-8H,2H2,1H3,(H,17,18). The molecule has 2 rings (SSSR count). The van der Waals surface area contributed by atoms with Crippen molar-refractivity contribution in [3.05, 3.63) is 47.4 Å². The first kappa shape index (κ1) is 13.3. The Bertz CT molecular complexity index is 590. The fourth-order valence-corrected chi connectivity index (χ4v) is 1.62. The van der Waals surface area contributed by atoms with Crippen LogP contribution in [0.15, 0.2) is 36.5 Å². The number of hydrogen-bond acceptors (Lipinski definition) is 4. The van der Waals surface area contributed by atoms with E-state index in [0.717, 1.165) is 0 Å². The third-order valence-electron chi connectivity index (χ3n) is 2.25. The summed E-state index contributed by atoms with van der Waals surface area (Å²) in [7, 11) is 0. The molecule has 0 fully saturated rings. The lowest BCUT2D eigenvalue weighted by Gasteiger charge is -2.09. The van der Waals surface area contributed by atoms with E-state index in [0.29, 0.717) is 18.2 Å². The number of carbonyl (C=O) groups excluding carboxylic acids is 1. The smallest absolute Gasteiger partial charge is 0.274 e. The highest BCUT2D eigenvalue weighted by atomic mass is 35.5. The average Bonchev–Trinajstić information content (AvgIpc) is 2.41. The summed E-state index contributed by atoms with van der Waals surface area (Å²) in [6.45, 7) is 2.31. The Kier molecular flexibility index (Phi) is 4.30. The molecule has 0 atom stereocenters. The molecule has 5 nitrogen and oxygen atoms in total. The molecule has 19 heavy (non-hydrogen) atoms. The molecule has 0 aliphatic carbocycles. The second kappa shape index (κ2) is 6.15. The molecule has 0 aliphatic rings. The first-order chi connectivity index (χ1) is 9.20. The summed E-state index contributed by atoms with van der Waals surface area (Å²) >= 11 is 5.74. The first-order valence-corrected chi connectivity index (χ1v) is 6.10. The van der Waals surface area contributed by atoms with Crippen molar-refractivity contribution < 1.29 is 9.53 Å². The third kappa shape index (κ3) is 3.42. The quantitative estimate of drug-likeness (QED) is 0.873. The number of pyridine rings is 2. The van der Waals surface area contributed by atoms with Crippen LogP contribution in [0.3, 0.4) is 0 Å². The second-order valence-electron chi connectivity index (χ2n) is 3.59. The van der Waals surface area contributed by atoms with Crippen molar-refractivity contribution in [1.82, 2.24) is 9.97 Å². The largest absolute Gasteiger partial charge is 0.476 e. The number of hydrogen-bond donors (Lipinski definition) is 1. The SMILES string of the molecule is CCOc1ncccc1NC(=O)c1cccc(Cl)n1. The van der Waals surface area contributed by atoms with Crippen molar-refractivity contribution >= 4 is 23.2 Å². The minimum atomic E-state index is -0.364. The predicted molar refractivity (Wildman–Crippen MR) is 72.6 cm³/mol. The molecule has 0 radical (unpaired) electrons. The van der Waals surface area contributed by atoms with Crippen molar-refractivity contribution in [2.45, 2.75) is 6.92 Å². The molecule has 0 saturated heterocycles. The zero-order chi connectivity index (χ0) is 13.7. The molecule has 0 bridgehead atoms. The van der Waals surface area contributed by atoms with Crippen LogP contribution in [0, 0.1) is 0 Å². The number of halogens is 1. The lowest BCUT2D eigenvalue weighted by molar-refractivity contribution is 0.102. The van der Waals surface area contributed by atoms with Gasteiger partial charge in [-0.3, -0.25) is 4.79 Å². The zero-order valence-corrected chi connectivity index (χ0v) is 11.0. The second-order valence-corrected chi connectivity index (χ2v) is 3.98. The van der Waals surface area contributed by atoms with Crippen LogP contribution in [0.25, 0.3) is 0 Å². The fourth-order valence-electron chi connectivity index (χ4n) is 1.46. The number of nitrogens with zero attached hydrogens (tertiary/aromatic N) is 2. The Balaban J connectivity index is 2.19. The highest BCUT2D eigenvalue weighted by Gasteiger charge is 2.11. The van der Waals surface area contributed by atoms with Crippen LogP contribution >= 0.6 is 11.6 Å². The summed E-state index contributed by atoms with van der Waals surface area (Å²) in [6, 6.07) is 8.27. The van der Waals surface area contributed by atoms with Gasteiger partial charge in [-0.05, 0) is 31.2 Å². The molecular formula is C13H12ClN3O2. The van der Waals surface area contributed by atoms with E-state index in [9.17, 15) is 4.79 Å². The lowest BCUT2D eigenvalue weighted by Crippen LogP contribution is -2.14. The van der Waals surface area contributed by atoms with Gasteiger partial charge in [-0.25, -0.2) is 9.97 Å². The average molecular weight is 278 g/mol. The van der Waals surface area contributed by atoms with Gasteiger partial charge in [0.05, 0.1) is 6.61 Å². The summed E-state index contributed by atoms with van der Waals surface area (Å²) < 4.78 is 5.33. The normalized spacial score (nSPS) is 10.0. The van der Waals surface area contributed by atoms with Gasteiger partial charge in [0, 0.05) is 6.20 Å². The third-order valence-corrected chi connectivity index (χ3v) is 2.46. The number of rotatable bonds is 4. The van der Waals surface area contributed by atoms with Crippen LogP contribution < -0.4 is 10.1 Å². The first-order valence-electron chi connectivity index (χ1n) is 5.72. The number of aromatic nitrogens is 2. The van der Waals surface area contributed by atoms with Crippen molar-refractivity contribution in [3.63, 3.8) is 0 Å². The van der Waals surface area contributed by atoms with E-state index in [-0.39, 0.29) is 16.8 Å². The van der Waals surface area contributed by atoms with Crippen LogP contribution in [0.4, 0.5) is 5.69 Å². The van der Waals surface area contributed by atoms with Gasteiger partial charge in [-0.1, -0.05) is 17.7 Å². The Morgan fingerprint density at radius 2 is 2.21 bits per heavy atom. The molecule has 2 aromatic heterocycles. The maximum atomic E-state index is 12.0. The molecule has 1 N–H and O–H groups in total. The van der Waals surface area contributed by atoms with Gasteiger partial charge >= 0.3 is 0 Å². The predicted octanol–water partition coefficient (Wildman–Crippen LogP) is 2.78. The molecule has 0 aliphatic heterocycles. The van der Waals surface area contributed by atoms with Crippen LogP contribution in [0.1, 0.15) is 17.4 Å². The van der Waals surface area contributed by atoms with E-state index in [4.69, 9.17) is 16.3 Å². The van der Waals surface area contributed by atoms with Crippen molar-refractivity contribution in [3.8, 4) is 5.88 Å². The Labute approximate surface area is 115 Å². The summed E-state index contributed by atoms with van der Waals surface area (Å²) in [5.74, 6) is 0.0110. The van der Waals surface area contributed by atoms with Crippen molar-refractivity contribution in [2.24, 2.45) is 0 Å². The lowest BCUT2D eigenvalue weighted by atomic mass is 10.3. The molecular weight excluding hydrogens is 266 g/mol. The van der Waals surface area contributed by atoms with Crippen molar-refractivity contribution in [1.29, 1.82) is 0 Å². The Hall–Kier alpha value is -2.14. The van der Waals surface area contributed by atoms with Crippen molar-refractivity contribution in [2.75, 3.05) is 11.9 Å². The molecule has 0 spiro atoms. The molecule has 0 aromatic carbocycles. The minimum absolute atomic E-state index is 0.235. The minimum Gasteiger partial charge on any atom is -0.476 e. The molecule has 6 heteroatoms. The summed E-state index contributed by atoms with van der Waals surface area (Å²) in [5.41, 5.74) is 0.731. The summed E-state index contributed by atoms with van der Waals surface area (Å²) in [4.78, 5) is 20.0. The number of nitrogens with one attached hydrogen (secondary N) is 1. The van der Waals surface area contributed by atoms with Gasteiger partial charge < -0.3 is 10.1 Å². The number of amides is 1. The van der Waals surface area contributed by atoms with E-state index < -0.39 is 0 Å². The van der Waals surface area contributed by atoms with Gasteiger partial charge in [0.2, 0.25) is 5.88 Å². The van der Waals surface area contributed by atoms with Crippen LogP contribution in [0.2, 0.25) is 5.15 Å². The maximum absolute atomic E-state index is 12.0. The van der Waals surface area contributed by atoms with Gasteiger partial charge in [0.1, 0.15) is 16.5 Å². The summed E-state index contributed by atoms with van der Waals surface area (Å²) in [6.07, 6.45) is 1.60. The Morgan fingerprint density at radius 3 is 2.95 bits per heavy atom. The molecule has 98 valence electrons. The summed E-state index contributed by atoms with van der Waals surface area (Å²) in [5, 5.41) is 2.96.